The van der Waals surface area contributed by atoms with Crippen LogP contribution in [0.4, 0.5) is 0 Å². The summed E-state index contributed by atoms with van der Waals surface area (Å²) in [7, 11) is 5.46. The van der Waals surface area contributed by atoms with Crippen LogP contribution in [0.1, 0.15) is 115 Å². The van der Waals surface area contributed by atoms with Crippen LogP contribution in [0.3, 0.4) is 0 Å². The molecule has 4 aromatic rings. The van der Waals surface area contributed by atoms with Crippen molar-refractivity contribution in [2.24, 2.45) is 77.3 Å². The number of hydrogen-bond acceptors (Lipinski definition) is 18. The molecule has 4 atom stereocenters. The van der Waals surface area contributed by atoms with E-state index in [9.17, 15) is 38.4 Å². The third kappa shape index (κ3) is 24.5. The topological polar surface area (TPSA) is 531 Å². The van der Waals surface area contributed by atoms with E-state index in [4.69, 9.17) is 76.3 Å². The smallest absolute Gasteiger partial charge is 0.255 e. The second-order valence-corrected chi connectivity index (χ2v) is 21.2. The van der Waals surface area contributed by atoms with Gasteiger partial charge in [0.25, 0.3) is 23.6 Å². The number of ketones is 4. The second kappa shape index (κ2) is 38.2. The first-order valence-electron chi connectivity index (χ1n) is 29.6. The van der Waals surface area contributed by atoms with Gasteiger partial charge in [0, 0.05) is 65.0 Å². The van der Waals surface area contributed by atoms with Crippen molar-refractivity contribution in [3.05, 3.63) is 117 Å². The van der Waals surface area contributed by atoms with Crippen LogP contribution in [0.25, 0.3) is 0 Å². The summed E-state index contributed by atoms with van der Waals surface area (Å²) in [4.78, 5) is 128. The molecule has 0 aliphatic heterocycles. The zero-order valence-corrected chi connectivity index (χ0v) is 52.4. The molecule has 498 valence electrons. The van der Waals surface area contributed by atoms with E-state index in [-0.39, 0.29) is 172 Å². The fourth-order valence-electron chi connectivity index (χ4n) is 9.60. The Morgan fingerprint density at radius 3 is 0.913 bits per heavy atom. The van der Waals surface area contributed by atoms with Crippen LogP contribution in [0.5, 0.6) is 23.0 Å². The van der Waals surface area contributed by atoms with E-state index in [1.54, 1.807) is 30.3 Å². The summed E-state index contributed by atoms with van der Waals surface area (Å²) in [5, 5.41) is 11.1. The van der Waals surface area contributed by atoms with Gasteiger partial charge >= 0.3 is 0 Å². The lowest BCUT2D eigenvalue weighted by Gasteiger charge is -2.21. The summed E-state index contributed by atoms with van der Waals surface area (Å²) in [5.41, 5.74) is 57.7. The number of carbonyl (C=O) groups excluding carboxylic acids is 8. The van der Waals surface area contributed by atoms with Gasteiger partial charge in [0.15, 0.2) is 47.0 Å². The van der Waals surface area contributed by atoms with Crippen molar-refractivity contribution >= 4 is 70.6 Å². The van der Waals surface area contributed by atoms with Crippen LogP contribution in [0.2, 0.25) is 0 Å². The molecule has 30 heteroatoms. The van der Waals surface area contributed by atoms with E-state index in [0.29, 0.717) is 41.6 Å². The molecule has 0 aliphatic carbocycles. The molecule has 0 radical (unpaired) electrons. The predicted molar refractivity (Wildman–Crippen MR) is 350 cm³/mol. The molecule has 0 saturated carbocycles. The summed E-state index contributed by atoms with van der Waals surface area (Å²) < 4.78 is 22.1. The highest BCUT2D eigenvalue weighted by molar-refractivity contribution is 6.04. The number of guanidine groups is 4. The number of nitrogens with two attached hydrogens (primary N) is 10. The first-order chi connectivity index (χ1) is 43.9. The molecule has 0 bridgehead atoms. The van der Waals surface area contributed by atoms with Crippen LogP contribution in [-0.2, 0) is 44.9 Å². The van der Waals surface area contributed by atoms with E-state index >= 15 is 0 Å². The van der Waals surface area contributed by atoms with Crippen molar-refractivity contribution in [3.8, 4) is 23.0 Å². The molecule has 0 aliphatic rings. The Kier molecular flexibility index (Phi) is 30.8. The SMILES string of the molecule is COc1ccc(CC(=O)[C@@H](CCCN=C(N)N)NC(=O)c2cc(CC(=O)[C@@H](CCCN=C(N)N)NC(=O)c3cc(CC(=O)[C@@H](CCCN=C(N)N)NC(=O)c4cc(CC(=O)[C@H](N)CCCN=C(N)N)ccc4OC)ccc3OC)ccc2OC)cc1C(=O)NCCN. The standard InChI is InChI=1S/C62H88N18O12/c1-89-51-17-14-36(27-39(51)55(85)73-26-21-63)32-48(82)44(10-6-23-75-60(67)68)79-57(87)41-29-38(16-19-53(41)91-3)34-50(84)46(12-8-25-77-62(71)72)80-58(88)42-30-37(15-20-54(42)92-4)33-49(83)45(11-7-24-76-61(69)70)78-56(86)40-28-35(13-18-52(40)90-2)31-47(81)43(64)9-5-22-74-59(65)66/h13-20,27-30,43-46H,5-12,21-26,31-34,63-64H2,1-4H3,(H,73,85)(H,78,86)(H,79,87)(H,80,88)(H4,65,66,74)(H4,67,68,75)(H4,69,70,76)(H4,71,72,77)/t43-,44-,45-,46-/m1/s1. The largest absolute Gasteiger partial charge is 0.496 e. The minimum atomic E-state index is -1.18. The lowest BCUT2D eigenvalue weighted by Crippen LogP contribution is -2.42. The number of ether oxygens (including phenoxy) is 4. The summed E-state index contributed by atoms with van der Waals surface area (Å²) >= 11 is 0. The van der Waals surface area contributed by atoms with E-state index in [1.165, 1.54) is 70.9 Å². The number of rotatable bonds is 41. The molecule has 0 saturated heterocycles. The Hall–Kier alpha value is -10.4. The minimum Gasteiger partial charge on any atom is -0.496 e. The minimum absolute atomic E-state index is 0.0177. The maximum absolute atomic E-state index is 14.5. The molecule has 0 aromatic heterocycles. The van der Waals surface area contributed by atoms with Crippen LogP contribution in [0, 0.1) is 0 Å². The number of nitrogens with zero attached hydrogens (tertiary/aromatic N) is 4. The predicted octanol–water partition coefficient (Wildman–Crippen LogP) is -1.21. The molecular formula is C62H88N18O12. The van der Waals surface area contributed by atoms with Crippen LogP contribution >= 0.6 is 0 Å². The van der Waals surface area contributed by atoms with Gasteiger partial charge in [-0.1, -0.05) is 24.3 Å². The number of aliphatic imine (C=N–C) groups is 4. The number of Topliss-reactive ketones (excluding diaryl/α,β-unsaturated/α-hetero) is 4. The molecule has 92 heavy (non-hydrogen) atoms. The van der Waals surface area contributed by atoms with E-state index in [2.05, 4.69) is 41.2 Å². The van der Waals surface area contributed by atoms with Crippen molar-refractivity contribution in [2.75, 3.05) is 67.7 Å². The zero-order valence-electron chi connectivity index (χ0n) is 52.4. The molecule has 4 rings (SSSR count). The van der Waals surface area contributed by atoms with Gasteiger partial charge in [-0.2, -0.15) is 0 Å². The van der Waals surface area contributed by atoms with Gasteiger partial charge < -0.3 is 97.6 Å². The van der Waals surface area contributed by atoms with Crippen LogP contribution < -0.4 is 97.6 Å². The number of nitrogens with one attached hydrogen (secondary N) is 4. The fraction of sp³-hybridized carbons (Fsp3) is 0.419. The van der Waals surface area contributed by atoms with Crippen molar-refractivity contribution in [3.63, 3.8) is 0 Å². The second-order valence-electron chi connectivity index (χ2n) is 21.2. The highest BCUT2D eigenvalue weighted by Crippen LogP contribution is 2.26. The monoisotopic (exact) mass is 1280 g/mol. The molecule has 24 N–H and O–H groups in total. The Labute approximate surface area is 533 Å². The third-order valence-corrected chi connectivity index (χ3v) is 14.3. The number of hydrogen-bond donors (Lipinski definition) is 14. The average molecular weight is 1280 g/mol. The Bertz CT molecular complexity index is 3340. The van der Waals surface area contributed by atoms with Gasteiger partial charge in [0.2, 0.25) is 0 Å². The highest BCUT2D eigenvalue weighted by Gasteiger charge is 2.29. The van der Waals surface area contributed by atoms with E-state index < -0.39 is 65.1 Å². The van der Waals surface area contributed by atoms with Crippen LogP contribution in [0.15, 0.2) is 92.8 Å². The first-order valence-corrected chi connectivity index (χ1v) is 29.6. The normalized spacial score (nSPS) is 12.0. The van der Waals surface area contributed by atoms with Gasteiger partial charge in [0.05, 0.1) is 74.9 Å². The first kappa shape index (κ1) is 74.1. The highest BCUT2D eigenvalue weighted by atomic mass is 16.5. The Morgan fingerprint density at radius 1 is 0.391 bits per heavy atom. The fourth-order valence-corrected chi connectivity index (χ4v) is 9.60. The molecule has 0 fully saturated rings. The van der Waals surface area contributed by atoms with Gasteiger partial charge in [0.1, 0.15) is 23.0 Å². The molecule has 4 amide bonds. The van der Waals surface area contributed by atoms with Gasteiger partial charge in [-0.15, -0.1) is 0 Å². The molecular weight excluding hydrogens is 1190 g/mol. The van der Waals surface area contributed by atoms with Crippen molar-refractivity contribution in [2.45, 2.75) is 101 Å². The molecule has 0 spiro atoms. The van der Waals surface area contributed by atoms with Crippen molar-refractivity contribution in [1.82, 2.24) is 21.3 Å². The quantitative estimate of drug-likeness (QED) is 0.0141. The molecule has 0 heterocycles. The lowest BCUT2D eigenvalue weighted by molar-refractivity contribution is -0.121. The van der Waals surface area contributed by atoms with Gasteiger partial charge in [-0.05, 0) is 122 Å². The van der Waals surface area contributed by atoms with Gasteiger partial charge in [-0.25, -0.2) is 0 Å². The van der Waals surface area contributed by atoms with Crippen molar-refractivity contribution in [1.29, 1.82) is 0 Å². The van der Waals surface area contributed by atoms with Crippen LogP contribution in [-0.4, -0.2) is 162 Å². The van der Waals surface area contributed by atoms with Crippen molar-refractivity contribution < 1.29 is 57.3 Å². The Morgan fingerprint density at radius 2 is 0.652 bits per heavy atom. The molecule has 4 aromatic carbocycles. The maximum atomic E-state index is 14.5. The number of amides is 4. The van der Waals surface area contributed by atoms with E-state index in [1.807, 2.05) is 0 Å². The maximum Gasteiger partial charge on any atom is 0.255 e. The number of carbonyl (C=O) groups is 8. The number of methoxy groups -OCH3 is 4. The average Bonchev–Trinajstić information content (AvgIpc) is 1.22. The number of benzene rings is 4. The third-order valence-electron chi connectivity index (χ3n) is 14.3. The summed E-state index contributed by atoms with van der Waals surface area (Å²) in [6.07, 6.45) is 0.883. The summed E-state index contributed by atoms with van der Waals surface area (Å²) in [5.74, 6) is -4.17. The molecule has 0 unspecified atom stereocenters. The van der Waals surface area contributed by atoms with Gasteiger partial charge in [-0.3, -0.25) is 58.3 Å². The lowest BCUT2D eigenvalue weighted by atomic mass is 9.96. The summed E-state index contributed by atoms with van der Waals surface area (Å²) in [6, 6.07) is 14.1. The molecule has 30 nitrogen and oxygen atoms in total. The summed E-state index contributed by atoms with van der Waals surface area (Å²) in [6.45, 7) is 1.08. The Balaban J connectivity index is 1.61. The van der Waals surface area contributed by atoms with E-state index in [0.717, 1.165) is 0 Å². The zero-order chi connectivity index (χ0) is 67.9.